The van der Waals surface area contributed by atoms with Crippen LogP contribution in [-0.2, 0) is 0 Å². The van der Waals surface area contributed by atoms with E-state index in [0.29, 0.717) is 6.04 Å². The van der Waals surface area contributed by atoms with Crippen molar-refractivity contribution in [3.63, 3.8) is 0 Å². The second kappa shape index (κ2) is 4.55. The van der Waals surface area contributed by atoms with Crippen molar-refractivity contribution in [2.75, 3.05) is 24.7 Å². The van der Waals surface area contributed by atoms with E-state index in [2.05, 4.69) is 44.8 Å². The fourth-order valence-corrected chi connectivity index (χ4v) is 2.93. The van der Waals surface area contributed by atoms with Gasteiger partial charge in [-0.1, -0.05) is 15.9 Å². The highest BCUT2D eigenvalue weighted by molar-refractivity contribution is 9.10. The van der Waals surface area contributed by atoms with Gasteiger partial charge >= 0.3 is 0 Å². The molecule has 1 aliphatic heterocycles. The van der Waals surface area contributed by atoms with Gasteiger partial charge in [0.15, 0.2) is 0 Å². The molecular formula is C10H13BrN2S. The fourth-order valence-electron chi connectivity index (χ4n) is 1.55. The minimum atomic E-state index is 0.534. The molecule has 0 bridgehead atoms. The van der Waals surface area contributed by atoms with Crippen LogP contribution in [0.4, 0.5) is 5.69 Å². The van der Waals surface area contributed by atoms with Gasteiger partial charge in [0.1, 0.15) is 0 Å². The Morgan fingerprint density at radius 1 is 1.64 bits per heavy atom. The normalized spacial score (nSPS) is 20.0. The van der Waals surface area contributed by atoms with E-state index in [1.54, 1.807) is 0 Å². The molecule has 1 heterocycles. The van der Waals surface area contributed by atoms with Gasteiger partial charge in [-0.25, -0.2) is 0 Å². The Labute approximate surface area is 97.0 Å². The molecule has 76 valence electrons. The second-order valence-corrected chi connectivity index (χ2v) is 5.33. The van der Waals surface area contributed by atoms with E-state index < -0.39 is 0 Å². The number of rotatable bonds is 2. The van der Waals surface area contributed by atoms with Crippen molar-refractivity contribution in [2.45, 2.75) is 10.9 Å². The number of halogens is 1. The number of fused-ring (bicyclic) bond motifs is 1. The fraction of sp³-hybridized carbons (Fsp3) is 0.400. The van der Waals surface area contributed by atoms with Crippen molar-refractivity contribution < 1.29 is 0 Å². The number of benzene rings is 1. The van der Waals surface area contributed by atoms with E-state index in [0.717, 1.165) is 16.8 Å². The summed E-state index contributed by atoms with van der Waals surface area (Å²) in [5.74, 6) is 1.13. The molecule has 1 atom stereocenters. The van der Waals surface area contributed by atoms with Gasteiger partial charge in [-0.15, -0.1) is 11.8 Å². The van der Waals surface area contributed by atoms with Crippen LogP contribution in [0.15, 0.2) is 27.6 Å². The van der Waals surface area contributed by atoms with Gasteiger partial charge in [0, 0.05) is 33.4 Å². The molecule has 0 saturated heterocycles. The van der Waals surface area contributed by atoms with E-state index in [-0.39, 0.29) is 0 Å². The number of hydrogen-bond acceptors (Lipinski definition) is 3. The van der Waals surface area contributed by atoms with Crippen LogP contribution in [0.3, 0.4) is 0 Å². The summed E-state index contributed by atoms with van der Waals surface area (Å²) in [4.78, 5) is 1.35. The van der Waals surface area contributed by atoms with Crippen molar-refractivity contribution in [1.29, 1.82) is 0 Å². The number of anilines is 1. The molecule has 2 rings (SSSR count). The first-order valence-corrected chi connectivity index (χ1v) is 6.41. The number of nitrogens with one attached hydrogen (secondary N) is 2. The van der Waals surface area contributed by atoms with Crippen LogP contribution in [-0.4, -0.2) is 25.4 Å². The molecule has 4 heteroatoms. The highest BCUT2D eigenvalue weighted by atomic mass is 79.9. The van der Waals surface area contributed by atoms with Crippen molar-refractivity contribution in [1.82, 2.24) is 5.32 Å². The summed E-state index contributed by atoms with van der Waals surface area (Å²) >= 11 is 5.41. The summed E-state index contributed by atoms with van der Waals surface area (Å²) < 4.78 is 1.13. The van der Waals surface area contributed by atoms with Gasteiger partial charge < -0.3 is 10.6 Å². The third kappa shape index (κ3) is 2.24. The first kappa shape index (κ1) is 10.3. The van der Waals surface area contributed by atoms with Crippen LogP contribution in [0.1, 0.15) is 0 Å². The van der Waals surface area contributed by atoms with Gasteiger partial charge in [-0.05, 0) is 25.2 Å². The molecule has 2 N–H and O–H groups in total. The van der Waals surface area contributed by atoms with E-state index in [1.165, 1.54) is 10.6 Å². The van der Waals surface area contributed by atoms with Gasteiger partial charge in [0.25, 0.3) is 0 Å². The first-order valence-electron chi connectivity index (χ1n) is 4.63. The molecule has 0 amide bonds. The van der Waals surface area contributed by atoms with Crippen LogP contribution >= 0.6 is 27.7 Å². The van der Waals surface area contributed by atoms with Gasteiger partial charge in [0.05, 0.1) is 0 Å². The Balaban J connectivity index is 2.16. The molecule has 0 saturated carbocycles. The lowest BCUT2D eigenvalue weighted by Crippen LogP contribution is -2.35. The standard InChI is InChI=1S/C10H13BrN2S/c1-12-5-8-6-14-10-3-2-7(11)4-9(10)13-8/h2-4,8,12-13H,5-6H2,1H3. The zero-order valence-electron chi connectivity index (χ0n) is 8.01. The van der Waals surface area contributed by atoms with Gasteiger partial charge in [-0.2, -0.15) is 0 Å². The van der Waals surface area contributed by atoms with Crippen LogP contribution < -0.4 is 10.6 Å². The summed E-state index contributed by atoms with van der Waals surface area (Å²) in [7, 11) is 1.99. The zero-order chi connectivity index (χ0) is 9.97. The Morgan fingerprint density at radius 3 is 3.29 bits per heavy atom. The van der Waals surface area contributed by atoms with Gasteiger partial charge in [0.2, 0.25) is 0 Å². The summed E-state index contributed by atoms with van der Waals surface area (Å²) in [6.45, 7) is 1.01. The average molecular weight is 273 g/mol. The third-order valence-electron chi connectivity index (χ3n) is 2.19. The number of thioether (sulfide) groups is 1. The molecule has 0 spiro atoms. The van der Waals surface area contributed by atoms with Crippen molar-refractivity contribution in [2.24, 2.45) is 0 Å². The molecule has 2 nitrogen and oxygen atoms in total. The molecule has 1 aromatic rings. The Hall–Kier alpha value is -0.190. The molecule has 1 aromatic carbocycles. The Kier molecular flexibility index (Phi) is 3.36. The zero-order valence-corrected chi connectivity index (χ0v) is 10.4. The van der Waals surface area contributed by atoms with Crippen molar-refractivity contribution in [3.05, 3.63) is 22.7 Å². The topological polar surface area (TPSA) is 24.1 Å². The molecule has 0 aromatic heterocycles. The first-order chi connectivity index (χ1) is 6.79. The lowest BCUT2D eigenvalue weighted by Gasteiger charge is -2.26. The van der Waals surface area contributed by atoms with Crippen LogP contribution in [0.5, 0.6) is 0 Å². The maximum atomic E-state index is 3.53. The summed E-state index contributed by atoms with van der Waals surface area (Å²) in [5.41, 5.74) is 1.25. The lowest BCUT2D eigenvalue weighted by atomic mass is 10.2. The van der Waals surface area contributed by atoms with Crippen LogP contribution in [0, 0.1) is 0 Å². The monoisotopic (exact) mass is 272 g/mol. The summed E-state index contributed by atoms with van der Waals surface area (Å²) in [6, 6.07) is 6.93. The SMILES string of the molecule is CNCC1CSc2ccc(Br)cc2N1. The third-order valence-corrected chi connectivity index (χ3v) is 3.92. The maximum absolute atomic E-state index is 3.53. The predicted molar refractivity (Wildman–Crippen MR) is 66.2 cm³/mol. The summed E-state index contributed by atoms with van der Waals surface area (Å²) in [6.07, 6.45) is 0. The Bertz CT molecular complexity index is 330. The smallest absolute Gasteiger partial charge is 0.0492 e. The minimum Gasteiger partial charge on any atom is -0.379 e. The average Bonchev–Trinajstić information content (AvgIpc) is 2.17. The van der Waals surface area contributed by atoms with Gasteiger partial charge in [-0.3, -0.25) is 0 Å². The lowest BCUT2D eigenvalue weighted by molar-refractivity contribution is 0.702. The van der Waals surface area contributed by atoms with E-state index in [4.69, 9.17) is 0 Å². The number of likely N-dealkylation sites (N-methyl/N-ethyl adjacent to an activating group) is 1. The molecular weight excluding hydrogens is 260 g/mol. The van der Waals surface area contributed by atoms with Crippen LogP contribution in [0.2, 0.25) is 0 Å². The quantitative estimate of drug-likeness (QED) is 0.866. The Morgan fingerprint density at radius 2 is 2.50 bits per heavy atom. The molecule has 0 radical (unpaired) electrons. The minimum absolute atomic E-state index is 0.534. The van der Waals surface area contributed by atoms with E-state index >= 15 is 0 Å². The molecule has 1 aliphatic rings. The molecule has 1 unspecified atom stereocenters. The predicted octanol–water partition coefficient (Wildman–Crippen LogP) is 2.55. The maximum Gasteiger partial charge on any atom is 0.0492 e. The van der Waals surface area contributed by atoms with Crippen molar-refractivity contribution in [3.8, 4) is 0 Å². The second-order valence-electron chi connectivity index (χ2n) is 3.35. The highest BCUT2D eigenvalue weighted by Gasteiger charge is 2.17. The van der Waals surface area contributed by atoms with Crippen LogP contribution in [0.25, 0.3) is 0 Å². The molecule has 0 aliphatic carbocycles. The van der Waals surface area contributed by atoms with E-state index in [1.807, 2.05) is 18.8 Å². The number of hydrogen-bond donors (Lipinski definition) is 2. The molecule has 14 heavy (non-hydrogen) atoms. The summed E-state index contributed by atoms with van der Waals surface area (Å²) in [5, 5.41) is 6.72. The largest absolute Gasteiger partial charge is 0.379 e. The van der Waals surface area contributed by atoms with E-state index in [9.17, 15) is 0 Å². The van der Waals surface area contributed by atoms with Crippen molar-refractivity contribution >= 4 is 33.4 Å². The molecule has 0 fully saturated rings. The highest BCUT2D eigenvalue weighted by Crippen LogP contribution is 2.34.